The van der Waals surface area contributed by atoms with Crippen LogP contribution in [0, 0.1) is 11.3 Å². The van der Waals surface area contributed by atoms with Crippen LogP contribution in [0.25, 0.3) is 0 Å². The summed E-state index contributed by atoms with van der Waals surface area (Å²) in [6.07, 6.45) is 1.36. The maximum absolute atomic E-state index is 12.0. The fraction of sp³-hybridized carbons (Fsp3) is 0.0588. The number of para-hydroxylation sites is 2. The van der Waals surface area contributed by atoms with Crippen molar-refractivity contribution in [3.63, 3.8) is 0 Å². The Balaban J connectivity index is 2.01. The third kappa shape index (κ3) is 4.59. The van der Waals surface area contributed by atoms with Gasteiger partial charge in [-0.25, -0.2) is 0 Å². The second-order valence-electron chi connectivity index (χ2n) is 4.61. The van der Waals surface area contributed by atoms with Crippen molar-refractivity contribution < 1.29 is 9.90 Å². The van der Waals surface area contributed by atoms with Gasteiger partial charge in [-0.05, 0) is 23.8 Å². The number of nitriles is 1. The molecule has 23 heavy (non-hydrogen) atoms. The molecule has 2 aromatic rings. The molecule has 0 unspecified atom stereocenters. The van der Waals surface area contributed by atoms with E-state index >= 15 is 0 Å². The van der Waals surface area contributed by atoms with Crippen molar-refractivity contribution in [1.29, 1.82) is 5.26 Å². The van der Waals surface area contributed by atoms with E-state index < -0.39 is 5.91 Å². The summed E-state index contributed by atoms with van der Waals surface area (Å²) in [5, 5.41) is 24.2. The average Bonchev–Trinajstić information content (AvgIpc) is 2.55. The molecule has 0 aromatic heterocycles. The molecule has 0 aliphatic heterocycles. The largest absolute Gasteiger partial charge is 0.506 e. The van der Waals surface area contributed by atoms with Crippen molar-refractivity contribution in [2.24, 2.45) is 0 Å². The van der Waals surface area contributed by atoms with Crippen molar-refractivity contribution in [1.82, 2.24) is 5.32 Å². The van der Waals surface area contributed by atoms with Gasteiger partial charge in [-0.3, -0.25) is 4.79 Å². The van der Waals surface area contributed by atoms with E-state index in [2.05, 4.69) is 26.6 Å². The number of rotatable bonds is 5. The Hall–Kier alpha value is -2.78. The molecule has 0 saturated heterocycles. The van der Waals surface area contributed by atoms with Crippen LogP contribution in [0.15, 0.2) is 64.8 Å². The lowest BCUT2D eigenvalue weighted by Crippen LogP contribution is -2.16. The SMILES string of the molecule is N#C/C(=C/NCc1ccccc1Br)C(=O)Nc1ccccc1O. The number of hydrogen-bond acceptors (Lipinski definition) is 4. The number of anilines is 1. The zero-order valence-corrected chi connectivity index (χ0v) is 13.7. The number of carbonyl (C=O) groups is 1. The van der Waals surface area contributed by atoms with Gasteiger partial charge in [-0.1, -0.05) is 46.3 Å². The normalized spacial score (nSPS) is 10.7. The Bertz CT molecular complexity index is 781. The number of nitrogens with zero attached hydrogens (tertiary/aromatic N) is 1. The molecule has 0 aliphatic rings. The van der Waals surface area contributed by atoms with Crippen LogP contribution in [-0.4, -0.2) is 11.0 Å². The summed E-state index contributed by atoms with van der Waals surface area (Å²) in [6, 6.07) is 15.8. The van der Waals surface area contributed by atoms with Crippen LogP contribution in [0.3, 0.4) is 0 Å². The number of amides is 1. The van der Waals surface area contributed by atoms with Gasteiger partial charge in [0, 0.05) is 17.2 Å². The summed E-state index contributed by atoms with van der Waals surface area (Å²) in [6.45, 7) is 0.469. The van der Waals surface area contributed by atoms with E-state index in [1.165, 1.54) is 12.3 Å². The number of phenolic OH excluding ortho intramolecular Hbond substituents is 1. The molecule has 2 aromatic carbocycles. The smallest absolute Gasteiger partial charge is 0.267 e. The van der Waals surface area contributed by atoms with Crippen LogP contribution in [0.4, 0.5) is 5.69 Å². The van der Waals surface area contributed by atoms with E-state index in [1.807, 2.05) is 30.3 Å². The van der Waals surface area contributed by atoms with Crippen molar-refractivity contribution >= 4 is 27.5 Å². The Labute approximate surface area is 142 Å². The molecule has 0 spiro atoms. The van der Waals surface area contributed by atoms with E-state index in [9.17, 15) is 9.90 Å². The monoisotopic (exact) mass is 371 g/mol. The van der Waals surface area contributed by atoms with Crippen LogP contribution >= 0.6 is 15.9 Å². The molecular formula is C17H14BrN3O2. The maximum atomic E-state index is 12.0. The Kier molecular flexibility index (Phi) is 5.78. The molecular weight excluding hydrogens is 358 g/mol. The first-order chi connectivity index (χ1) is 11.1. The molecule has 0 aliphatic carbocycles. The molecule has 1 amide bonds. The van der Waals surface area contributed by atoms with Gasteiger partial charge in [0.05, 0.1) is 5.69 Å². The predicted octanol–water partition coefficient (Wildman–Crippen LogP) is 3.29. The van der Waals surface area contributed by atoms with Crippen LogP contribution in [0.2, 0.25) is 0 Å². The number of phenols is 1. The van der Waals surface area contributed by atoms with Gasteiger partial charge in [0.25, 0.3) is 5.91 Å². The van der Waals surface area contributed by atoms with E-state index in [4.69, 9.17) is 5.26 Å². The minimum Gasteiger partial charge on any atom is -0.506 e. The summed E-state index contributed by atoms with van der Waals surface area (Å²) >= 11 is 3.43. The molecule has 0 fully saturated rings. The summed E-state index contributed by atoms with van der Waals surface area (Å²) in [5.74, 6) is -0.645. The average molecular weight is 372 g/mol. The number of halogens is 1. The molecule has 0 atom stereocenters. The molecule has 116 valence electrons. The zero-order chi connectivity index (χ0) is 16.7. The zero-order valence-electron chi connectivity index (χ0n) is 12.1. The van der Waals surface area contributed by atoms with Crippen molar-refractivity contribution in [3.05, 3.63) is 70.3 Å². The summed E-state index contributed by atoms with van der Waals surface area (Å²) in [7, 11) is 0. The fourth-order valence-electron chi connectivity index (χ4n) is 1.82. The highest BCUT2D eigenvalue weighted by Crippen LogP contribution is 2.22. The standard InChI is InChI=1S/C17H14BrN3O2/c18-14-6-2-1-5-12(14)10-20-11-13(9-19)17(23)21-15-7-3-4-8-16(15)22/h1-8,11,20,22H,10H2,(H,21,23)/b13-11-. The van der Waals surface area contributed by atoms with Gasteiger partial charge in [0.15, 0.2) is 0 Å². The van der Waals surface area contributed by atoms with E-state index in [1.54, 1.807) is 18.2 Å². The molecule has 2 rings (SSSR count). The summed E-state index contributed by atoms with van der Waals surface area (Å²) < 4.78 is 0.943. The molecule has 6 heteroatoms. The van der Waals surface area contributed by atoms with Gasteiger partial charge < -0.3 is 15.7 Å². The van der Waals surface area contributed by atoms with Gasteiger partial charge in [-0.2, -0.15) is 5.26 Å². The van der Waals surface area contributed by atoms with Gasteiger partial charge in [0.2, 0.25) is 0 Å². The number of benzene rings is 2. The first-order valence-corrected chi connectivity index (χ1v) is 7.57. The number of hydrogen-bond donors (Lipinski definition) is 3. The van der Waals surface area contributed by atoms with Crippen molar-refractivity contribution in [2.75, 3.05) is 5.32 Å². The Morgan fingerprint density at radius 2 is 1.91 bits per heavy atom. The summed E-state index contributed by atoms with van der Waals surface area (Å²) in [5.41, 5.74) is 1.17. The van der Waals surface area contributed by atoms with Crippen LogP contribution in [0.1, 0.15) is 5.56 Å². The number of carbonyl (C=O) groups excluding carboxylic acids is 1. The van der Waals surface area contributed by atoms with Crippen LogP contribution < -0.4 is 10.6 Å². The van der Waals surface area contributed by atoms with Crippen LogP contribution in [-0.2, 0) is 11.3 Å². The third-order valence-electron chi connectivity index (χ3n) is 3.01. The van der Waals surface area contributed by atoms with E-state index in [-0.39, 0.29) is 17.0 Å². The highest BCUT2D eigenvalue weighted by molar-refractivity contribution is 9.10. The lowest BCUT2D eigenvalue weighted by Gasteiger charge is -2.07. The topological polar surface area (TPSA) is 85.2 Å². The second kappa shape index (κ2) is 8.01. The van der Waals surface area contributed by atoms with Gasteiger partial charge in [-0.15, -0.1) is 0 Å². The first-order valence-electron chi connectivity index (χ1n) is 6.78. The molecule has 3 N–H and O–H groups in total. The van der Waals surface area contributed by atoms with E-state index in [0.29, 0.717) is 6.54 Å². The predicted molar refractivity (Wildman–Crippen MR) is 91.4 cm³/mol. The molecule has 0 heterocycles. The maximum Gasteiger partial charge on any atom is 0.267 e. The third-order valence-corrected chi connectivity index (χ3v) is 3.79. The number of nitrogens with one attached hydrogen (secondary N) is 2. The second-order valence-corrected chi connectivity index (χ2v) is 5.47. The van der Waals surface area contributed by atoms with E-state index in [0.717, 1.165) is 10.0 Å². The summed E-state index contributed by atoms with van der Waals surface area (Å²) in [4.78, 5) is 12.0. The quantitative estimate of drug-likeness (QED) is 0.427. The molecule has 5 nitrogen and oxygen atoms in total. The fourth-order valence-corrected chi connectivity index (χ4v) is 2.25. The minimum atomic E-state index is -0.589. The molecule has 0 saturated carbocycles. The van der Waals surface area contributed by atoms with Gasteiger partial charge in [0.1, 0.15) is 17.4 Å². The van der Waals surface area contributed by atoms with Gasteiger partial charge >= 0.3 is 0 Å². The van der Waals surface area contributed by atoms with Crippen molar-refractivity contribution in [2.45, 2.75) is 6.54 Å². The number of aromatic hydroxyl groups is 1. The minimum absolute atomic E-state index is 0.0562. The Morgan fingerprint density at radius 3 is 2.61 bits per heavy atom. The lowest BCUT2D eigenvalue weighted by molar-refractivity contribution is -0.112. The first kappa shape index (κ1) is 16.6. The molecule has 0 bridgehead atoms. The lowest BCUT2D eigenvalue weighted by atomic mass is 10.2. The molecule has 0 radical (unpaired) electrons. The highest BCUT2D eigenvalue weighted by atomic mass is 79.9. The van der Waals surface area contributed by atoms with Crippen molar-refractivity contribution in [3.8, 4) is 11.8 Å². The van der Waals surface area contributed by atoms with Crippen LogP contribution in [0.5, 0.6) is 5.75 Å². The Morgan fingerprint density at radius 1 is 1.22 bits per heavy atom. The highest BCUT2D eigenvalue weighted by Gasteiger charge is 2.11.